The smallest absolute Gasteiger partial charge is 0.387 e. The topological polar surface area (TPSA) is 82.6 Å². The number of ether oxygens (including phenoxy) is 5. The Morgan fingerprint density at radius 3 is 2.30 bits per heavy atom. The quantitative estimate of drug-likeness (QED) is 0.334. The Kier molecular flexibility index (Phi) is 7.24. The zero-order valence-electron chi connectivity index (χ0n) is 15.9. The summed E-state index contributed by atoms with van der Waals surface area (Å²) < 4.78 is 51.3. The van der Waals surface area contributed by atoms with Gasteiger partial charge in [-0.2, -0.15) is 8.78 Å². The van der Waals surface area contributed by atoms with Gasteiger partial charge in [0.2, 0.25) is 13.6 Å². The largest absolute Gasteiger partial charge is 0.454 e. The third-order valence-corrected chi connectivity index (χ3v) is 4.34. The number of rotatable bonds is 6. The Labute approximate surface area is 188 Å². The number of nitrogens with zero attached hydrogens (tertiary/aromatic N) is 1. The summed E-state index contributed by atoms with van der Waals surface area (Å²) in [7, 11) is 1.62. The summed E-state index contributed by atoms with van der Waals surface area (Å²) in [5, 5.41) is 6.23. The van der Waals surface area contributed by atoms with Gasteiger partial charge in [-0.1, -0.05) is 6.07 Å². The highest BCUT2D eigenvalue weighted by Crippen LogP contribution is 2.38. The number of fused-ring (bicyclic) bond motifs is 2. The molecule has 8 nitrogen and oxygen atoms in total. The van der Waals surface area contributed by atoms with E-state index in [0.717, 1.165) is 5.56 Å². The number of hydrogen-bond acceptors (Lipinski definition) is 6. The van der Waals surface area contributed by atoms with Gasteiger partial charge in [0.25, 0.3) is 0 Å². The molecule has 2 aliphatic rings. The summed E-state index contributed by atoms with van der Waals surface area (Å²) >= 11 is 0. The van der Waals surface area contributed by atoms with Crippen LogP contribution in [0.2, 0.25) is 0 Å². The molecule has 0 unspecified atom stereocenters. The number of halogens is 3. The minimum Gasteiger partial charge on any atom is -0.454 e. The molecule has 0 bridgehead atoms. The molecule has 4 rings (SSSR count). The standard InChI is InChI=1S/C19H19F2N3O5.HI/c1-22-19(23-7-11-2-3-13-15(4-11)26-9-25-13)24-8-12-5-16-17(28-10-27-16)6-14(12)29-18(20)21;/h2-6,18H,7-10H2,1H3,(H2,22,23,24);1H. The van der Waals surface area contributed by atoms with Gasteiger partial charge in [-0.25, -0.2) is 0 Å². The van der Waals surface area contributed by atoms with Crippen LogP contribution in [0.5, 0.6) is 28.7 Å². The fraction of sp³-hybridized carbons (Fsp3) is 0.316. The molecule has 0 radical (unpaired) electrons. The van der Waals surface area contributed by atoms with Crippen molar-refractivity contribution in [2.45, 2.75) is 19.7 Å². The normalized spacial score (nSPS) is 13.8. The molecule has 0 atom stereocenters. The third-order valence-electron chi connectivity index (χ3n) is 4.34. The van der Waals surface area contributed by atoms with Crippen LogP contribution in [0.3, 0.4) is 0 Å². The number of benzene rings is 2. The molecule has 2 aromatic carbocycles. The SMILES string of the molecule is CN=C(NCc1ccc2c(c1)OCO2)NCc1cc2c(cc1OC(F)F)OCO2.I. The fourth-order valence-electron chi connectivity index (χ4n) is 2.95. The van der Waals surface area contributed by atoms with E-state index in [2.05, 4.69) is 20.4 Å². The zero-order valence-corrected chi connectivity index (χ0v) is 18.3. The van der Waals surface area contributed by atoms with E-state index in [9.17, 15) is 8.78 Å². The van der Waals surface area contributed by atoms with Crippen LogP contribution < -0.4 is 34.3 Å². The molecule has 2 N–H and O–H groups in total. The molecule has 0 aliphatic carbocycles. The van der Waals surface area contributed by atoms with Gasteiger partial charge in [0, 0.05) is 31.8 Å². The van der Waals surface area contributed by atoms with Gasteiger partial charge in [-0.05, 0) is 23.8 Å². The van der Waals surface area contributed by atoms with Crippen molar-refractivity contribution in [1.82, 2.24) is 10.6 Å². The first-order chi connectivity index (χ1) is 14.1. The number of hydrogen-bond donors (Lipinski definition) is 2. The Balaban J connectivity index is 0.00000256. The summed E-state index contributed by atoms with van der Waals surface area (Å²) in [5.74, 6) is 2.76. The zero-order chi connectivity index (χ0) is 20.2. The second kappa shape index (κ2) is 9.87. The van der Waals surface area contributed by atoms with E-state index >= 15 is 0 Å². The number of guanidine groups is 1. The van der Waals surface area contributed by atoms with E-state index in [-0.39, 0.29) is 49.9 Å². The molecule has 0 spiro atoms. The van der Waals surface area contributed by atoms with Crippen molar-refractivity contribution in [3.8, 4) is 28.7 Å². The highest BCUT2D eigenvalue weighted by atomic mass is 127. The fourth-order valence-corrected chi connectivity index (χ4v) is 2.95. The van der Waals surface area contributed by atoms with Gasteiger partial charge in [0.05, 0.1) is 0 Å². The van der Waals surface area contributed by atoms with Crippen molar-refractivity contribution in [2.75, 3.05) is 20.6 Å². The molecule has 30 heavy (non-hydrogen) atoms. The lowest BCUT2D eigenvalue weighted by atomic mass is 10.1. The van der Waals surface area contributed by atoms with E-state index < -0.39 is 6.61 Å². The van der Waals surface area contributed by atoms with Crippen LogP contribution in [0.4, 0.5) is 8.78 Å². The van der Waals surface area contributed by atoms with Gasteiger partial charge >= 0.3 is 6.61 Å². The number of nitrogens with one attached hydrogen (secondary N) is 2. The second-order valence-electron chi connectivity index (χ2n) is 6.16. The van der Waals surface area contributed by atoms with Crippen LogP contribution in [0, 0.1) is 0 Å². The molecule has 0 fully saturated rings. The summed E-state index contributed by atoms with van der Waals surface area (Å²) in [6.07, 6.45) is 0. The summed E-state index contributed by atoms with van der Waals surface area (Å²) in [4.78, 5) is 4.15. The molecular formula is C19H20F2IN3O5. The van der Waals surface area contributed by atoms with Crippen LogP contribution in [-0.4, -0.2) is 33.2 Å². The minimum atomic E-state index is -2.95. The first-order valence-corrected chi connectivity index (χ1v) is 8.83. The van der Waals surface area contributed by atoms with E-state index in [1.807, 2.05) is 18.2 Å². The second-order valence-corrected chi connectivity index (χ2v) is 6.16. The molecule has 0 saturated heterocycles. The predicted molar refractivity (Wildman–Crippen MR) is 114 cm³/mol. The number of aliphatic imine (C=N–C) groups is 1. The van der Waals surface area contributed by atoms with Gasteiger partial charge in [-0.3, -0.25) is 4.99 Å². The Morgan fingerprint density at radius 1 is 0.967 bits per heavy atom. The van der Waals surface area contributed by atoms with E-state index in [1.54, 1.807) is 13.1 Å². The molecule has 11 heteroatoms. The van der Waals surface area contributed by atoms with Crippen molar-refractivity contribution >= 4 is 29.9 Å². The average molecular weight is 535 g/mol. The molecule has 2 aromatic rings. The average Bonchev–Trinajstić information content (AvgIpc) is 3.35. The van der Waals surface area contributed by atoms with Gasteiger partial charge in [0.1, 0.15) is 5.75 Å². The van der Waals surface area contributed by atoms with Crippen LogP contribution in [0.25, 0.3) is 0 Å². The van der Waals surface area contributed by atoms with Crippen molar-refractivity contribution < 1.29 is 32.5 Å². The highest BCUT2D eigenvalue weighted by molar-refractivity contribution is 14.0. The highest BCUT2D eigenvalue weighted by Gasteiger charge is 2.20. The molecule has 2 heterocycles. The maximum absolute atomic E-state index is 12.8. The summed E-state index contributed by atoms with van der Waals surface area (Å²) in [6.45, 7) is -2.01. The van der Waals surface area contributed by atoms with E-state index in [0.29, 0.717) is 41.1 Å². The molecule has 0 saturated carbocycles. The first-order valence-electron chi connectivity index (χ1n) is 8.83. The van der Waals surface area contributed by atoms with Gasteiger partial charge in [-0.15, -0.1) is 24.0 Å². The Bertz CT molecular complexity index is 929. The molecule has 2 aliphatic heterocycles. The van der Waals surface area contributed by atoms with Gasteiger partial charge < -0.3 is 34.3 Å². The molecule has 0 amide bonds. The number of alkyl halides is 2. The molecule has 0 aromatic heterocycles. The van der Waals surface area contributed by atoms with Crippen LogP contribution in [0.15, 0.2) is 35.3 Å². The Morgan fingerprint density at radius 2 is 1.60 bits per heavy atom. The molecular weight excluding hydrogens is 515 g/mol. The predicted octanol–water partition coefficient (Wildman–Crippen LogP) is 3.23. The maximum atomic E-state index is 12.8. The van der Waals surface area contributed by atoms with Crippen molar-refractivity contribution in [2.24, 2.45) is 4.99 Å². The first kappa shape index (κ1) is 22.0. The van der Waals surface area contributed by atoms with Crippen LogP contribution >= 0.6 is 24.0 Å². The van der Waals surface area contributed by atoms with Crippen LogP contribution in [-0.2, 0) is 13.1 Å². The van der Waals surface area contributed by atoms with E-state index in [4.69, 9.17) is 18.9 Å². The lowest BCUT2D eigenvalue weighted by molar-refractivity contribution is -0.0505. The lowest BCUT2D eigenvalue weighted by Gasteiger charge is -2.15. The van der Waals surface area contributed by atoms with Crippen molar-refractivity contribution in [3.63, 3.8) is 0 Å². The summed E-state index contributed by atoms with van der Waals surface area (Å²) in [6, 6.07) is 8.65. The maximum Gasteiger partial charge on any atom is 0.387 e. The van der Waals surface area contributed by atoms with E-state index in [1.165, 1.54) is 6.07 Å². The lowest BCUT2D eigenvalue weighted by Crippen LogP contribution is -2.36. The minimum absolute atomic E-state index is 0. The van der Waals surface area contributed by atoms with Gasteiger partial charge in [0.15, 0.2) is 29.0 Å². The monoisotopic (exact) mass is 535 g/mol. The van der Waals surface area contributed by atoms with Crippen molar-refractivity contribution in [3.05, 3.63) is 41.5 Å². The van der Waals surface area contributed by atoms with Crippen molar-refractivity contribution in [1.29, 1.82) is 0 Å². The third kappa shape index (κ3) is 5.07. The summed E-state index contributed by atoms with van der Waals surface area (Å²) in [5.41, 5.74) is 1.46. The Hall–Kier alpha value is -2.70. The van der Waals surface area contributed by atoms with Crippen LogP contribution in [0.1, 0.15) is 11.1 Å². The molecule has 162 valence electrons.